The van der Waals surface area contributed by atoms with Crippen molar-refractivity contribution in [2.75, 3.05) is 18.5 Å². The lowest BCUT2D eigenvalue weighted by atomic mass is 10.0. The number of amides is 1. The molecule has 1 amide bonds. The van der Waals surface area contributed by atoms with Gasteiger partial charge in [0.25, 0.3) is 5.91 Å². The summed E-state index contributed by atoms with van der Waals surface area (Å²) in [6.07, 6.45) is 0.106. The number of carbonyl (C=O) groups excluding carboxylic acids is 1. The van der Waals surface area contributed by atoms with Gasteiger partial charge in [0.15, 0.2) is 6.10 Å². The van der Waals surface area contributed by atoms with Gasteiger partial charge in [0.2, 0.25) is 0 Å². The number of nitrogens with one attached hydrogen (secondary N) is 1. The van der Waals surface area contributed by atoms with Crippen LogP contribution in [0.15, 0.2) is 36.4 Å². The molecule has 1 atom stereocenters. The third-order valence-electron chi connectivity index (χ3n) is 4.15. The van der Waals surface area contributed by atoms with Gasteiger partial charge in [-0.05, 0) is 60.9 Å². The molecule has 5 nitrogen and oxygen atoms in total. The molecule has 0 fully saturated rings. The van der Waals surface area contributed by atoms with E-state index >= 15 is 0 Å². The number of benzene rings is 2. The third-order valence-corrected chi connectivity index (χ3v) is 4.15. The number of ether oxygens (including phenoxy) is 2. The zero-order valence-electron chi connectivity index (χ0n) is 14.0. The molecule has 0 saturated carbocycles. The monoisotopic (exact) mass is 326 g/mol. The van der Waals surface area contributed by atoms with E-state index < -0.39 is 6.10 Å². The molecule has 126 valence electrons. The van der Waals surface area contributed by atoms with Gasteiger partial charge in [-0.25, -0.2) is 0 Å². The summed E-state index contributed by atoms with van der Waals surface area (Å²) in [5.74, 6) is 1.40. The summed E-state index contributed by atoms with van der Waals surface area (Å²) in [5.41, 5.74) is 9.59. The predicted molar refractivity (Wildman–Crippen MR) is 93.7 cm³/mol. The van der Waals surface area contributed by atoms with Crippen molar-refractivity contribution in [3.8, 4) is 11.5 Å². The Labute approximate surface area is 141 Å². The summed E-state index contributed by atoms with van der Waals surface area (Å²) in [6, 6.07) is 11.3. The van der Waals surface area contributed by atoms with Crippen LogP contribution in [0, 0.1) is 13.8 Å². The lowest BCUT2D eigenvalue weighted by Gasteiger charge is -2.12. The van der Waals surface area contributed by atoms with Gasteiger partial charge in [-0.3, -0.25) is 4.79 Å². The molecule has 0 bridgehead atoms. The number of fused-ring (bicyclic) bond motifs is 1. The van der Waals surface area contributed by atoms with Crippen LogP contribution in [0.5, 0.6) is 11.5 Å². The molecule has 0 saturated heterocycles. The van der Waals surface area contributed by atoms with E-state index in [4.69, 9.17) is 15.2 Å². The SMILES string of the molecule is Cc1cc2c(cc1C)OC(C(=O)Nc1ccc(OCCN)cc1)C2. The molecule has 3 rings (SSSR count). The van der Waals surface area contributed by atoms with Gasteiger partial charge < -0.3 is 20.5 Å². The fourth-order valence-corrected chi connectivity index (χ4v) is 2.69. The minimum Gasteiger partial charge on any atom is -0.492 e. The number of nitrogens with two attached hydrogens (primary N) is 1. The lowest BCUT2D eigenvalue weighted by molar-refractivity contribution is -0.122. The van der Waals surface area contributed by atoms with Gasteiger partial charge in [-0.15, -0.1) is 0 Å². The summed E-state index contributed by atoms with van der Waals surface area (Å²) in [6.45, 7) is 5.05. The maximum Gasteiger partial charge on any atom is 0.265 e. The largest absolute Gasteiger partial charge is 0.492 e. The van der Waals surface area contributed by atoms with Crippen molar-refractivity contribution in [1.82, 2.24) is 0 Å². The molecule has 0 aromatic heterocycles. The first-order chi connectivity index (χ1) is 11.6. The molecule has 0 spiro atoms. The Morgan fingerprint density at radius 3 is 2.67 bits per heavy atom. The summed E-state index contributed by atoms with van der Waals surface area (Å²) in [7, 11) is 0. The van der Waals surface area contributed by atoms with Crippen LogP contribution >= 0.6 is 0 Å². The summed E-state index contributed by atoms with van der Waals surface area (Å²) < 4.78 is 11.2. The van der Waals surface area contributed by atoms with E-state index in [0.717, 1.165) is 17.1 Å². The Balaban J connectivity index is 1.62. The van der Waals surface area contributed by atoms with E-state index in [1.165, 1.54) is 11.1 Å². The number of hydrogen-bond donors (Lipinski definition) is 2. The molecule has 1 aliphatic heterocycles. The van der Waals surface area contributed by atoms with Gasteiger partial charge in [0.1, 0.15) is 18.1 Å². The molecule has 1 unspecified atom stereocenters. The zero-order chi connectivity index (χ0) is 17.1. The topological polar surface area (TPSA) is 73.6 Å². The minimum atomic E-state index is -0.491. The highest BCUT2D eigenvalue weighted by molar-refractivity contribution is 5.95. The van der Waals surface area contributed by atoms with E-state index in [0.29, 0.717) is 25.3 Å². The Morgan fingerprint density at radius 1 is 1.25 bits per heavy atom. The normalized spacial score (nSPS) is 15.5. The highest BCUT2D eigenvalue weighted by Gasteiger charge is 2.29. The van der Waals surface area contributed by atoms with Crippen molar-refractivity contribution in [1.29, 1.82) is 0 Å². The van der Waals surface area contributed by atoms with Gasteiger partial charge in [0.05, 0.1) is 0 Å². The molecule has 24 heavy (non-hydrogen) atoms. The second-order valence-electron chi connectivity index (χ2n) is 6.01. The van der Waals surface area contributed by atoms with Crippen molar-refractivity contribution < 1.29 is 14.3 Å². The van der Waals surface area contributed by atoms with E-state index in [1.54, 1.807) is 12.1 Å². The van der Waals surface area contributed by atoms with Crippen LogP contribution in [0.2, 0.25) is 0 Å². The Morgan fingerprint density at radius 2 is 1.96 bits per heavy atom. The number of carbonyl (C=O) groups is 1. The maximum atomic E-state index is 12.4. The summed E-state index contributed by atoms with van der Waals surface area (Å²) in [4.78, 5) is 12.4. The third kappa shape index (κ3) is 3.51. The van der Waals surface area contributed by atoms with Crippen LogP contribution in [0.25, 0.3) is 0 Å². The molecule has 2 aromatic rings. The van der Waals surface area contributed by atoms with Gasteiger partial charge in [-0.2, -0.15) is 0 Å². The Kier molecular flexibility index (Phi) is 4.71. The molecular weight excluding hydrogens is 304 g/mol. The quantitative estimate of drug-likeness (QED) is 0.886. The molecule has 0 aliphatic carbocycles. The average molecular weight is 326 g/mol. The lowest BCUT2D eigenvalue weighted by Crippen LogP contribution is -2.31. The molecular formula is C19H22N2O3. The molecule has 2 aromatic carbocycles. The summed E-state index contributed by atoms with van der Waals surface area (Å²) >= 11 is 0. The first-order valence-corrected chi connectivity index (χ1v) is 8.07. The van der Waals surface area contributed by atoms with Gasteiger partial charge >= 0.3 is 0 Å². The molecule has 0 radical (unpaired) electrons. The van der Waals surface area contributed by atoms with E-state index in [2.05, 4.69) is 18.3 Å². The molecule has 1 aliphatic rings. The van der Waals surface area contributed by atoms with Crippen molar-refractivity contribution in [2.45, 2.75) is 26.4 Å². The molecule has 1 heterocycles. The van der Waals surface area contributed by atoms with Crippen LogP contribution in [0.3, 0.4) is 0 Å². The maximum absolute atomic E-state index is 12.4. The van der Waals surface area contributed by atoms with Crippen LogP contribution in [-0.4, -0.2) is 25.2 Å². The van der Waals surface area contributed by atoms with Crippen LogP contribution in [0.1, 0.15) is 16.7 Å². The second kappa shape index (κ2) is 6.93. The number of anilines is 1. The first kappa shape index (κ1) is 16.3. The zero-order valence-corrected chi connectivity index (χ0v) is 14.0. The summed E-state index contributed by atoms with van der Waals surface area (Å²) in [5, 5.41) is 2.89. The number of hydrogen-bond acceptors (Lipinski definition) is 4. The van der Waals surface area contributed by atoms with E-state index in [9.17, 15) is 4.79 Å². The predicted octanol–water partition coefficient (Wildman–Crippen LogP) is 2.58. The molecule has 5 heteroatoms. The van der Waals surface area contributed by atoms with Crippen molar-refractivity contribution in [3.05, 3.63) is 53.1 Å². The highest BCUT2D eigenvalue weighted by Crippen LogP contribution is 2.32. The van der Waals surface area contributed by atoms with Crippen molar-refractivity contribution in [2.24, 2.45) is 5.73 Å². The fourth-order valence-electron chi connectivity index (χ4n) is 2.69. The van der Waals surface area contributed by atoms with E-state index in [1.807, 2.05) is 25.1 Å². The average Bonchev–Trinajstić information content (AvgIpc) is 2.97. The standard InChI is InChI=1S/C19H22N2O3/c1-12-9-14-11-18(24-17(14)10-13(12)2)19(22)21-15-3-5-16(6-4-15)23-8-7-20/h3-6,9-10,18H,7-8,11,20H2,1-2H3,(H,21,22). The second-order valence-corrected chi connectivity index (χ2v) is 6.01. The van der Waals surface area contributed by atoms with Crippen LogP contribution < -0.4 is 20.5 Å². The Bertz CT molecular complexity index is 710. The number of rotatable bonds is 5. The van der Waals surface area contributed by atoms with Crippen LogP contribution in [-0.2, 0) is 11.2 Å². The van der Waals surface area contributed by atoms with Gasteiger partial charge in [-0.1, -0.05) is 6.07 Å². The smallest absolute Gasteiger partial charge is 0.265 e. The first-order valence-electron chi connectivity index (χ1n) is 8.07. The van der Waals surface area contributed by atoms with E-state index in [-0.39, 0.29) is 5.91 Å². The minimum absolute atomic E-state index is 0.142. The Hall–Kier alpha value is -2.53. The van der Waals surface area contributed by atoms with Crippen molar-refractivity contribution >= 4 is 11.6 Å². The highest BCUT2D eigenvalue weighted by atomic mass is 16.5. The van der Waals surface area contributed by atoms with Crippen molar-refractivity contribution in [3.63, 3.8) is 0 Å². The number of aryl methyl sites for hydroxylation is 2. The molecule has 3 N–H and O–H groups in total. The fraction of sp³-hybridized carbons (Fsp3) is 0.316. The van der Waals surface area contributed by atoms with Crippen LogP contribution in [0.4, 0.5) is 5.69 Å². The van der Waals surface area contributed by atoms with Gasteiger partial charge in [0, 0.05) is 18.7 Å².